The zero-order valence-corrected chi connectivity index (χ0v) is 11.5. The number of nitrogens with one attached hydrogen (secondary N) is 1. The first-order valence-electron chi connectivity index (χ1n) is 5.75. The van der Waals surface area contributed by atoms with Crippen LogP contribution in [0, 0.1) is 0 Å². The topological polar surface area (TPSA) is 77.0 Å². The lowest BCUT2D eigenvalue weighted by Crippen LogP contribution is -2.31. The highest BCUT2D eigenvalue weighted by Gasteiger charge is 2.21. The van der Waals surface area contributed by atoms with Gasteiger partial charge in [0.05, 0.1) is 21.3 Å². The molecule has 0 aliphatic rings. The van der Waals surface area contributed by atoms with E-state index in [1.165, 1.54) is 33.5 Å². The number of aliphatic hydroxyl groups is 1. The molecule has 106 valence electrons. The molecule has 0 bridgehead atoms. The van der Waals surface area contributed by atoms with E-state index in [0.29, 0.717) is 22.8 Å². The van der Waals surface area contributed by atoms with E-state index in [2.05, 4.69) is 5.32 Å². The van der Waals surface area contributed by atoms with E-state index >= 15 is 0 Å². The highest BCUT2D eigenvalue weighted by Crippen LogP contribution is 2.38. The molecule has 6 nitrogen and oxygen atoms in total. The molecule has 2 N–H and O–H groups in total. The summed E-state index contributed by atoms with van der Waals surface area (Å²) in [5.41, 5.74) is 0.303. The molecule has 0 aliphatic carbocycles. The fourth-order valence-corrected chi connectivity index (χ4v) is 1.70. The SMILES string of the molecule is CNCC(O)C(=O)c1cc(OC)c(OC)c(OC)c1. The van der Waals surface area contributed by atoms with Gasteiger partial charge in [-0.3, -0.25) is 4.79 Å². The summed E-state index contributed by atoms with van der Waals surface area (Å²) in [4.78, 5) is 12.0. The van der Waals surface area contributed by atoms with Crippen LogP contribution >= 0.6 is 0 Å². The number of benzene rings is 1. The number of rotatable bonds is 7. The van der Waals surface area contributed by atoms with Crippen molar-refractivity contribution in [3.63, 3.8) is 0 Å². The van der Waals surface area contributed by atoms with Gasteiger partial charge >= 0.3 is 0 Å². The Labute approximate surface area is 112 Å². The lowest BCUT2D eigenvalue weighted by atomic mass is 10.0. The van der Waals surface area contributed by atoms with Gasteiger partial charge in [-0.15, -0.1) is 0 Å². The molecule has 0 spiro atoms. The number of likely N-dealkylation sites (N-methyl/N-ethyl adjacent to an activating group) is 1. The van der Waals surface area contributed by atoms with E-state index in [9.17, 15) is 9.90 Å². The molecule has 0 heterocycles. The fourth-order valence-electron chi connectivity index (χ4n) is 1.70. The molecule has 0 fully saturated rings. The number of carbonyl (C=O) groups excluding carboxylic acids is 1. The number of ether oxygens (including phenoxy) is 3. The maximum Gasteiger partial charge on any atom is 0.203 e. The van der Waals surface area contributed by atoms with E-state index in [0.717, 1.165) is 0 Å². The minimum absolute atomic E-state index is 0.176. The standard InChI is InChI=1S/C13H19NO5/c1-14-7-9(15)12(16)8-5-10(17-2)13(19-4)11(6-8)18-3/h5-6,9,14-15H,7H2,1-4H3. The smallest absolute Gasteiger partial charge is 0.203 e. The lowest BCUT2D eigenvalue weighted by Gasteiger charge is -2.15. The predicted molar refractivity (Wildman–Crippen MR) is 70.4 cm³/mol. The molecule has 1 atom stereocenters. The summed E-state index contributed by atoms with van der Waals surface area (Å²) in [6.07, 6.45) is -1.12. The molecule has 0 aliphatic heterocycles. The summed E-state index contributed by atoms with van der Waals surface area (Å²) in [6, 6.07) is 3.03. The monoisotopic (exact) mass is 269 g/mol. The first-order chi connectivity index (χ1) is 9.08. The van der Waals surface area contributed by atoms with Crippen LogP contribution in [-0.2, 0) is 0 Å². The third-order valence-corrected chi connectivity index (χ3v) is 2.65. The Morgan fingerprint density at radius 1 is 1.21 bits per heavy atom. The largest absolute Gasteiger partial charge is 0.493 e. The van der Waals surface area contributed by atoms with E-state index in [-0.39, 0.29) is 6.54 Å². The summed E-state index contributed by atoms with van der Waals surface area (Å²) in [6.45, 7) is 0.176. The van der Waals surface area contributed by atoms with Gasteiger partial charge in [-0.2, -0.15) is 0 Å². The molecule has 1 aromatic rings. The molecule has 1 unspecified atom stereocenters. The quantitative estimate of drug-likeness (QED) is 0.701. The molecule has 1 rings (SSSR count). The number of carbonyl (C=O) groups is 1. The summed E-state index contributed by atoms with van der Waals surface area (Å²) >= 11 is 0. The minimum Gasteiger partial charge on any atom is -0.493 e. The third kappa shape index (κ3) is 3.36. The average Bonchev–Trinajstić information content (AvgIpc) is 2.44. The fraction of sp³-hybridized carbons (Fsp3) is 0.462. The first kappa shape index (κ1) is 15.3. The van der Waals surface area contributed by atoms with Gasteiger partial charge in [0.25, 0.3) is 0 Å². The average molecular weight is 269 g/mol. The Morgan fingerprint density at radius 3 is 2.11 bits per heavy atom. The van der Waals surface area contributed by atoms with Crippen LogP contribution in [0.5, 0.6) is 17.2 Å². The molecule has 0 aromatic heterocycles. The number of hydrogen-bond donors (Lipinski definition) is 2. The molecule has 0 saturated carbocycles. The van der Waals surface area contributed by atoms with Crippen LogP contribution in [0.4, 0.5) is 0 Å². The second kappa shape index (κ2) is 6.96. The van der Waals surface area contributed by atoms with E-state index < -0.39 is 11.9 Å². The van der Waals surface area contributed by atoms with Crippen molar-refractivity contribution in [2.45, 2.75) is 6.10 Å². The van der Waals surface area contributed by atoms with Gasteiger partial charge < -0.3 is 24.6 Å². The van der Waals surface area contributed by atoms with Crippen molar-refractivity contribution in [2.24, 2.45) is 0 Å². The van der Waals surface area contributed by atoms with Crippen molar-refractivity contribution in [1.29, 1.82) is 0 Å². The summed E-state index contributed by atoms with van der Waals surface area (Å²) in [5, 5.41) is 12.4. The molecule has 6 heteroatoms. The van der Waals surface area contributed by atoms with Crippen molar-refractivity contribution < 1.29 is 24.1 Å². The predicted octanol–water partition coefficient (Wildman–Crippen LogP) is 0.475. The van der Waals surface area contributed by atoms with Crippen molar-refractivity contribution >= 4 is 5.78 Å². The minimum atomic E-state index is -1.12. The maximum absolute atomic E-state index is 12.0. The van der Waals surface area contributed by atoms with Gasteiger partial charge in [0, 0.05) is 12.1 Å². The zero-order chi connectivity index (χ0) is 14.4. The summed E-state index contributed by atoms with van der Waals surface area (Å²) in [7, 11) is 6.08. The number of aliphatic hydroxyl groups excluding tert-OH is 1. The third-order valence-electron chi connectivity index (χ3n) is 2.65. The first-order valence-corrected chi connectivity index (χ1v) is 5.75. The number of ketones is 1. The lowest BCUT2D eigenvalue weighted by molar-refractivity contribution is 0.0749. The highest BCUT2D eigenvalue weighted by atomic mass is 16.5. The highest BCUT2D eigenvalue weighted by molar-refractivity contribution is 6.00. The van der Waals surface area contributed by atoms with Crippen LogP contribution in [0.15, 0.2) is 12.1 Å². The van der Waals surface area contributed by atoms with Crippen molar-refractivity contribution in [2.75, 3.05) is 34.9 Å². The molecule has 1 aromatic carbocycles. The molecule has 19 heavy (non-hydrogen) atoms. The van der Waals surface area contributed by atoms with Gasteiger partial charge in [-0.05, 0) is 19.2 Å². The van der Waals surface area contributed by atoms with Crippen molar-refractivity contribution in [3.8, 4) is 17.2 Å². The van der Waals surface area contributed by atoms with Gasteiger partial charge in [0.2, 0.25) is 5.75 Å². The Balaban J connectivity index is 3.19. The van der Waals surface area contributed by atoms with Crippen LogP contribution < -0.4 is 19.5 Å². The van der Waals surface area contributed by atoms with Crippen molar-refractivity contribution in [3.05, 3.63) is 17.7 Å². The van der Waals surface area contributed by atoms with Crippen LogP contribution in [0.2, 0.25) is 0 Å². The van der Waals surface area contributed by atoms with Crippen LogP contribution in [0.3, 0.4) is 0 Å². The number of methoxy groups -OCH3 is 3. The van der Waals surface area contributed by atoms with Crippen LogP contribution in [0.1, 0.15) is 10.4 Å². The van der Waals surface area contributed by atoms with Gasteiger partial charge in [-0.1, -0.05) is 0 Å². The normalized spacial score (nSPS) is 11.8. The summed E-state index contributed by atoms with van der Waals surface area (Å²) < 4.78 is 15.5. The Hall–Kier alpha value is -1.79. The van der Waals surface area contributed by atoms with E-state index in [1.54, 1.807) is 7.05 Å². The Bertz CT molecular complexity index is 422. The van der Waals surface area contributed by atoms with Gasteiger partial charge in [0.15, 0.2) is 17.3 Å². The molecular weight excluding hydrogens is 250 g/mol. The second-order valence-corrected chi connectivity index (χ2v) is 3.85. The Kier molecular flexibility index (Phi) is 5.59. The second-order valence-electron chi connectivity index (χ2n) is 3.85. The number of Topliss-reactive ketones (excluding diaryl/α,β-unsaturated/α-hetero) is 1. The number of hydrogen-bond acceptors (Lipinski definition) is 6. The van der Waals surface area contributed by atoms with Gasteiger partial charge in [-0.25, -0.2) is 0 Å². The van der Waals surface area contributed by atoms with Crippen LogP contribution in [0.25, 0.3) is 0 Å². The molecule has 0 amide bonds. The van der Waals surface area contributed by atoms with Gasteiger partial charge in [0.1, 0.15) is 6.10 Å². The molecular formula is C13H19NO5. The zero-order valence-electron chi connectivity index (χ0n) is 11.5. The molecule has 0 saturated heterocycles. The summed E-state index contributed by atoms with van der Waals surface area (Å²) in [5.74, 6) is 0.752. The van der Waals surface area contributed by atoms with E-state index in [4.69, 9.17) is 14.2 Å². The Morgan fingerprint density at radius 2 is 1.74 bits per heavy atom. The van der Waals surface area contributed by atoms with Crippen LogP contribution in [-0.4, -0.2) is 51.9 Å². The maximum atomic E-state index is 12.0. The van der Waals surface area contributed by atoms with Crippen molar-refractivity contribution in [1.82, 2.24) is 5.32 Å². The molecule has 0 radical (unpaired) electrons. The van der Waals surface area contributed by atoms with E-state index in [1.807, 2.05) is 0 Å².